The average Bonchev–Trinajstić information content (AvgIpc) is 2.72. The molecule has 4 rings (SSSR count). The van der Waals surface area contributed by atoms with E-state index in [0.29, 0.717) is 12.0 Å². The normalized spacial score (nSPS) is 24.7. The van der Waals surface area contributed by atoms with Crippen molar-refractivity contribution >= 4 is 23.0 Å². The van der Waals surface area contributed by atoms with Crippen molar-refractivity contribution in [3.63, 3.8) is 0 Å². The number of rotatable bonds is 5. The summed E-state index contributed by atoms with van der Waals surface area (Å²) in [5.74, 6) is 0.488. The fourth-order valence-electron chi connectivity index (χ4n) is 4.62. The summed E-state index contributed by atoms with van der Waals surface area (Å²) in [6, 6.07) is 9.28. The molecular formula is C25H35ClN4. The zero-order valence-corrected chi connectivity index (χ0v) is 19.2. The van der Waals surface area contributed by atoms with Gasteiger partial charge in [0, 0.05) is 53.2 Å². The lowest BCUT2D eigenvalue weighted by Gasteiger charge is -2.40. The molecule has 3 aliphatic rings. The van der Waals surface area contributed by atoms with Crippen molar-refractivity contribution in [2.24, 2.45) is 5.92 Å². The van der Waals surface area contributed by atoms with Crippen LogP contribution in [0.3, 0.4) is 0 Å². The number of para-hydroxylation sites is 1. The van der Waals surface area contributed by atoms with E-state index in [4.69, 9.17) is 11.6 Å². The fourth-order valence-corrected chi connectivity index (χ4v) is 4.78. The summed E-state index contributed by atoms with van der Waals surface area (Å²) in [4.78, 5) is 2.57. The highest BCUT2D eigenvalue weighted by molar-refractivity contribution is 6.31. The first-order valence-electron chi connectivity index (χ1n) is 11.2. The molecule has 5 heteroatoms. The Kier molecular flexibility index (Phi) is 6.57. The number of piperidine rings is 1. The molecular weight excluding hydrogens is 392 g/mol. The zero-order chi connectivity index (χ0) is 21.1. The summed E-state index contributed by atoms with van der Waals surface area (Å²) in [6.07, 6.45) is 12.2. The molecule has 4 nitrogen and oxygen atoms in total. The number of halogens is 1. The van der Waals surface area contributed by atoms with Crippen LogP contribution in [0.4, 0.5) is 5.69 Å². The SMILES string of the molecule is CC(C)(C)NC1CCN(C2=CC(NCC3C=CC(Cl)=CC3)Nc3ccccc32)CC1. The van der Waals surface area contributed by atoms with Crippen molar-refractivity contribution in [2.45, 2.75) is 57.8 Å². The Morgan fingerprint density at radius 3 is 2.63 bits per heavy atom. The summed E-state index contributed by atoms with van der Waals surface area (Å²) in [5, 5.41) is 12.0. The number of benzene rings is 1. The van der Waals surface area contributed by atoms with E-state index in [-0.39, 0.29) is 11.7 Å². The monoisotopic (exact) mass is 426 g/mol. The molecule has 0 aromatic heterocycles. The van der Waals surface area contributed by atoms with Gasteiger partial charge in [0.05, 0.1) is 6.17 Å². The first kappa shape index (κ1) is 21.5. The Bertz CT molecular complexity index is 828. The molecule has 2 aliphatic heterocycles. The van der Waals surface area contributed by atoms with Crippen LogP contribution >= 0.6 is 11.6 Å². The van der Waals surface area contributed by atoms with Gasteiger partial charge in [-0.25, -0.2) is 0 Å². The summed E-state index contributed by atoms with van der Waals surface area (Å²) in [7, 11) is 0. The molecule has 1 aromatic carbocycles. The quantitative estimate of drug-likeness (QED) is 0.624. The maximum absolute atomic E-state index is 6.06. The lowest BCUT2D eigenvalue weighted by atomic mass is 9.97. The van der Waals surface area contributed by atoms with Crippen LogP contribution in [0.15, 0.2) is 53.6 Å². The van der Waals surface area contributed by atoms with Crippen molar-refractivity contribution < 1.29 is 0 Å². The van der Waals surface area contributed by atoms with E-state index in [0.717, 1.165) is 31.1 Å². The molecule has 0 amide bonds. The van der Waals surface area contributed by atoms with Crippen molar-refractivity contribution in [3.05, 3.63) is 59.2 Å². The number of fused-ring (bicyclic) bond motifs is 1. The van der Waals surface area contributed by atoms with Crippen LogP contribution in [0.2, 0.25) is 0 Å². The summed E-state index contributed by atoms with van der Waals surface area (Å²) >= 11 is 6.06. The summed E-state index contributed by atoms with van der Waals surface area (Å²) < 4.78 is 0. The van der Waals surface area contributed by atoms with E-state index in [1.54, 1.807) is 0 Å². The number of anilines is 1. The van der Waals surface area contributed by atoms with Crippen molar-refractivity contribution in [1.82, 2.24) is 15.5 Å². The first-order chi connectivity index (χ1) is 14.4. The van der Waals surface area contributed by atoms with E-state index in [1.807, 2.05) is 6.08 Å². The van der Waals surface area contributed by atoms with Crippen LogP contribution in [0, 0.1) is 5.92 Å². The molecule has 0 bridgehead atoms. The minimum atomic E-state index is 0.134. The lowest BCUT2D eigenvalue weighted by molar-refractivity contribution is 0.236. The second kappa shape index (κ2) is 9.17. The number of allylic oxidation sites excluding steroid dienone is 3. The molecule has 3 N–H and O–H groups in total. The minimum Gasteiger partial charge on any atom is -0.371 e. The Balaban J connectivity index is 1.43. The molecule has 1 fully saturated rings. The third kappa shape index (κ3) is 5.48. The van der Waals surface area contributed by atoms with Gasteiger partial charge < -0.3 is 15.5 Å². The Hall–Kier alpha value is -1.75. The van der Waals surface area contributed by atoms with Gasteiger partial charge in [0.15, 0.2) is 0 Å². The van der Waals surface area contributed by atoms with Gasteiger partial charge in [-0.2, -0.15) is 0 Å². The summed E-state index contributed by atoms with van der Waals surface area (Å²) in [5.41, 5.74) is 4.06. The van der Waals surface area contributed by atoms with Crippen molar-refractivity contribution in [2.75, 3.05) is 25.0 Å². The van der Waals surface area contributed by atoms with Gasteiger partial charge in [0.2, 0.25) is 0 Å². The van der Waals surface area contributed by atoms with Gasteiger partial charge >= 0.3 is 0 Å². The van der Waals surface area contributed by atoms with Gasteiger partial charge in [-0.05, 0) is 64.2 Å². The van der Waals surface area contributed by atoms with Gasteiger partial charge in [-0.15, -0.1) is 0 Å². The standard InChI is InChI=1S/C25H35ClN4/c1-25(2,3)29-20-12-14-30(15-13-20)23-16-24(28-22-7-5-4-6-21(22)23)27-17-18-8-10-19(26)11-9-18/h4-8,10-11,16,18,20,24,27-29H,9,12-15,17H2,1-3H3. The minimum absolute atomic E-state index is 0.134. The fraction of sp³-hybridized carbons (Fsp3) is 0.520. The molecule has 2 unspecified atom stereocenters. The van der Waals surface area contributed by atoms with E-state index in [1.165, 1.54) is 29.8 Å². The molecule has 162 valence electrons. The van der Waals surface area contributed by atoms with Gasteiger partial charge in [-0.3, -0.25) is 5.32 Å². The van der Waals surface area contributed by atoms with Crippen LogP contribution in [-0.2, 0) is 0 Å². The molecule has 30 heavy (non-hydrogen) atoms. The molecule has 0 saturated carbocycles. The molecule has 2 heterocycles. The number of likely N-dealkylation sites (tertiary alicyclic amines) is 1. The van der Waals surface area contributed by atoms with Crippen LogP contribution in [0.5, 0.6) is 0 Å². The van der Waals surface area contributed by atoms with Crippen LogP contribution in [0.1, 0.15) is 45.6 Å². The first-order valence-corrected chi connectivity index (χ1v) is 11.6. The maximum Gasteiger partial charge on any atom is 0.0984 e. The van der Waals surface area contributed by atoms with E-state index < -0.39 is 0 Å². The predicted octanol–water partition coefficient (Wildman–Crippen LogP) is 4.92. The van der Waals surface area contributed by atoms with Crippen LogP contribution in [-0.4, -0.2) is 42.3 Å². The Labute approximate surface area is 186 Å². The molecule has 0 radical (unpaired) electrons. The smallest absolute Gasteiger partial charge is 0.0984 e. The van der Waals surface area contributed by atoms with Gasteiger partial charge in [-0.1, -0.05) is 42.0 Å². The van der Waals surface area contributed by atoms with Crippen LogP contribution < -0.4 is 16.0 Å². The second-order valence-electron chi connectivity index (χ2n) is 9.73. The largest absolute Gasteiger partial charge is 0.371 e. The van der Waals surface area contributed by atoms with E-state index >= 15 is 0 Å². The van der Waals surface area contributed by atoms with Crippen molar-refractivity contribution in [3.8, 4) is 0 Å². The molecule has 1 saturated heterocycles. The van der Waals surface area contributed by atoms with Crippen LogP contribution in [0.25, 0.3) is 5.70 Å². The number of hydrogen-bond donors (Lipinski definition) is 3. The molecule has 1 aliphatic carbocycles. The highest BCUT2D eigenvalue weighted by Crippen LogP contribution is 2.33. The zero-order valence-electron chi connectivity index (χ0n) is 18.4. The highest BCUT2D eigenvalue weighted by Gasteiger charge is 2.27. The molecule has 0 spiro atoms. The second-order valence-corrected chi connectivity index (χ2v) is 10.2. The Morgan fingerprint density at radius 1 is 1.17 bits per heavy atom. The highest BCUT2D eigenvalue weighted by atomic mass is 35.5. The summed E-state index contributed by atoms with van der Waals surface area (Å²) in [6.45, 7) is 9.88. The predicted molar refractivity (Wildman–Crippen MR) is 128 cm³/mol. The number of nitrogens with zero attached hydrogens (tertiary/aromatic N) is 1. The van der Waals surface area contributed by atoms with Crippen molar-refractivity contribution in [1.29, 1.82) is 0 Å². The number of hydrogen-bond acceptors (Lipinski definition) is 4. The third-order valence-electron chi connectivity index (χ3n) is 6.05. The molecule has 2 atom stereocenters. The maximum atomic E-state index is 6.06. The van der Waals surface area contributed by atoms with Gasteiger partial charge in [0.25, 0.3) is 0 Å². The topological polar surface area (TPSA) is 39.3 Å². The van der Waals surface area contributed by atoms with Gasteiger partial charge in [0.1, 0.15) is 0 Å². The molecule has 1 aromatic rings. The van der Waals surface area contributed by atoms with E-state index in [2.05, 4.69) is 84.1 Å². The third-order valence-corrected chi connectivity index (χ3v) is 6.33. The number of nitrogens with one attached hydrogen (secondary N) is 3. The lowest BCUT2D eigenvalue weighted by Crippen LogP contribution is -2.49. The average molecular weight is 427 g/mol. The van der Waals surface area contributed by atoms with E-state index in [9.17, 15) is 0 Å². The Morgan fingerprint density at radius 2 is 1.93 bits per heavy atom.